The molecule has 1 aromatic carbocycles. The Bertz CT molecular complexity index is 738. The summed E-state index contributed by atoms with van der Waals surface area (Å²) < 4.78 is 2.63. The van der Waals surface area contributed by atoms with Gasteiger partial charge in [0.25, 0.3) is 11.9 Å². The van der Waals surface area contributed by atoms with Crippen molar-refractivity contribution < 1.29 is 4.79 Å². The van der Waals surface area contributed by atoms with E-state index < -0.39 is 0 Å². The molecule has 7 heteroatoms. The number of carbonyl (C=O) groups is 1. The van der Waals surface area contributed by atoms with Crippen LogP contribution in [0.3, 0.4) is 0 Å². The molecule has 0 saturated carbocycles. The molecule has 0 aliphatic carbocycles. The van der Waals surface area contributed by atoms with Gasteiger partial charge in [0.15, 0.2) is 0 Å². The molecule has 0 spiro atoms. The third-order valence-electron chi connectivity index (χ3n) is 2.71. The summed E-state index contributed by atoms with van der Waals surface area (Å²) >= 11 is 2.19. The maximum absolute atomic E-state index is 12.1. The number of carbonyl (C=O) groups excluding carboxylic acids is 1. The highest BCUT2D eigenvalue weighted by atomic mass is 127. The largest absolute Gasteiger partial charge is 0.319 e. The van der Waals surface area contributed by atoms with Gasteiger partial charge in [0.05, 0.1) is 18.1 Å². The van der Waals surface area contributed by atoms with Gasteiger partial charge in [0.1, 0.15) is 0 Å². The van der Waals surface area contributed by atoms with Crippen molar-refractivity contribution in [3.63, 3.8) is 0 Å². The number of halogens is 1. The lowest BCUT2D eigenvalue weighted by atomic mass is 10.2. The Hall–Kier alpha value is -2.29. The predicted octanol–water partition coefficient (Wildman–Crippen LogP) is 2.52. The molecular formula is C14H10IN5O. The summed E-state index contributed by atoms with van der Waals surface area (Å²) in [6, 6.07) is 9.10. The Morgan fingerprint density at radius 2 is 1.86 bits per heavy atom. The van der Waals surface area contributed by atoms with Crippen LogP contribution >= 0.6 is 22.6 Å². The molecule has 0 bridgehead atoms. The van der Waals surface area contributed by atoms with Crippen LogP contribution in [0.25, 0.3) is 5.95 Å². The fourth-order valence-electron chi connectivity index (χ4n) is 1.70. The summed E-state index contributed by atoms with van der Waals surface area (Å²) in [6.45, 7) is 0. The van der Waals surface area contributed by atoms with Crippen molar-refractivity contribution in [2.45, 2.75) is 0 Å². The maximum Gasteiger partial charge on any atom is 0.255 e. The van der Waals surface area contributed by atoms with Crippen molar-refractivity contribution in [2.75, 3.05) is 5.32 Å². The second-order valence-electron chi connectivity index (χ2n) is 4.18. The second kappa shape index (κ2) is 6.00. The molecule has 1 N–H and O–H groups in total. The molecule has 0 aliphatic rings. The minimum Gasteiger partial charge on any atom is -0.319 e. The maximum atomic E-state index is 12.1. The van der Waals surface area contributed by atoms with E-state index in [1.165, 1.54) is 0 Å². The van der Waals surface area contributed by atoms with Crippen LogP contribution in [-0.2, 0) is 0 Å². The molecule has 0 aliphatic heterocycles. The molecular weight excluding hydrogens is 381 g/mol. The number of hydrogen-bond donors (Lipinski definition) is 1. The van der Waals surface area contributed by atoms with E-state index in [1.54, 1.807) is 47.7 Å². The fourth-order valence-corrected chi connectivity index (χ4v) is 2.06. The van der Waals surface area contributed by atoms with Crippen molar-refractivity contribution in [3.8, 4) is 5.95 Å². The first-order chi connectivity index (χ1) is 10.2. The highest BCUT2D eigenvalue weighted by Crippen LogP contribution is 2.10. The van der Waals surface area contributed by atoms with Gasteiger partial charge in [0.2, 0.25) is 0 Å². The first-order valence-corrected chi connectivity index (χ1v) is 7.19. The summed E-state index contributed by atoms with van der Waals surface area (Å²) in [5.74, 6) is 0.258. The lowest BCUT2D eigenvalue weighted by Crippen LogP contribution is -2.12. The predicted molar refractivity (Wildman–Crippen MR) is 86.3 cm³/mol. The summed E-state index contributed by atoms with van der Waals surface area (Å²) in [5, 5.41) is 6.79. The van der Waals surface area contributed by atoms with E-state index >= 15 is 0 Å². The van der Waals surface area contributed by atoms with Gasteiger partial charge in [0, 0.05) is 21.5 Å². The normalized spacial score (nSPS) is 10.3. The zero-order chi connectivity index (χ0) is 14.7. The molecule has 0 unspecified atom stereocenters. The van der Waals surface area contributed by atoms with Crippen molar-refractivity contribution >= 4 is 34.2 Å². The monoisotopic (exact) mass is 391 g/mol. The molecule has 0 atom stereocenters. The van der Waals surface area contributed by atoms with E-state index in [4.69, 9.17) is 0 Å². The van der Waals surface area contributed by atoms with Crippen LogP contribution in [0.2, 0.25) is 0 Å². The van der Waals surface area contributed by atoms with E-state index in [1.807, 2.05) is 12.1 Å². The Labute approximate surface area is 134 Å². The highest BCUT2D eigenvalue weighted by molar-refractivity contribution is 14.1. The summed E-state index contributed by atoms with van der Waals surface area (Å²) in [5.41, 5.74) is 1.13. The molecule has 0 radical (unpaired) electrons. The van der Waals surface area contributed by atoms with Gasteiger partial charge < -0.3 is 5.32 Å². The minimum absolute atomic E-state index is 0.193. The first kappa shape index (κ1) is 13.7. The van der Waals surface area contributed by atoms with E-state index in [-0.39, 0.29) is 5.91 Å². The molecule has 2 aromatic heterocycles. The summed E-state index contributed by atoms with van der Waals surface area (Å²) in [7, 11) is 0. The first-order valence-electron chi connectivity index (χ1n) is 6.11. The van der Waals surface area contributed by atoms with Gasteiger partial charge >= 0.3 is 0 Å². The van der Waals surface area contributed by atoms with Crippen molar-refractivity contribution in [1.29, 1.82) is 0 Å². The van der Waals surface area contributed by atoms with E-state index in [2.05, 4.69) is 43.0 Å². The molecule has 21 heavy (non-hydrogen) atoms. The Balaban J connectivity index is 1.73. The number of nitrogens with one attached hydrogen (secondary N) is 1. The van der Waals surface area contributed by atoms with E-state index in [0.717, 1.165) is 3.57 Å². The van der Waals surface area contributed by atoms with Crippen molar-refractivity contribution in [2.24, 2.45) is 0 Å². The third-order valence-corrected chi connectivity index (χ3v) is 3.43. The lowest BCUT2D eigenvalue weighted by molar-refractivity contribution is 0.102. The minimum atomic E-state index is -0.193. The quantitative estimate of drug-likeness (QED) is 0.697. The fraction of sp³-hybridized carbons (Fsp3) is 0. The van der Waals surface area contributed by atoms with Gasteiger partial charge in [-0.3, -0.25) is 4.79 Å². The van der Waals surface area contributed by atoms with Crippen LogP contribution in [0.4, 0.5) is 5.69 Å². The van der Waals surface area contributed by atoms with Crippen LogP contribution in [0.15, 0.2) is 55.1 Å². The van der Waals surface area contributed by atoms with Crippen LogP contribution in [-0.4, -0.2) is 25.7 Å². The Morgan fingerprint density at radius 1 is 1.14 bits per heavy atom. The van der Waals surface area contributed by atoms with Crippen LogP contribution in [0, 0.1) is 3.57 Å². The Morgan fingerprint density at radius 3 is 2.48 bits per heavy atom. The number of nitrogens with zero attached hydrogens (tertiary/aromatic N) is 4. The van der Waals surface area contributed by atoms with Gasteiger partial charge in [-0.25, -0.2) is 14.6 Å². The summed E-state index contributed by atoms with van der Waals surface area (Å²) in [6.07, 6.45) is 6.50. The Kier molecular flexibility index (Phi) is 3.91. The second-order valence-corrected chi connectivity index (χ2v) is 5.43. The molecule has 0 fully saturated rings. The molecule has 3 rings (SSSR count). The highest BCUT2D eigenvalue weighted by Gasteiger charge is 2.07. The molecule has 3 aromatic rings. The molecule has 0 saturated heterocycles. The van der Waals surface area contributed by atoms with Crippen LogP contribution in [0.1, 0.15) is 10.4 Å². The van der Waals surface area contributed by atoms with Crippen LogP contribution < -0.4 is 5.32 Å². The number of hydrogen-bond acceptors (Lipinski definition) is 4. The van der Waals surface area contributed by atoms with Gasteiger partial charge in [-0.15, -0.1) is 0 Å². The van der Waals surface area contributed by atoms with E-state index in [9.17, 15) is 4.79 Å². The van der Waals surface area contributed by atoms with Gasteiger partial charge in [-0.2, -0.15) is 5.10 Å². The standard InChI is InChI=1S/C14H10IN5O/c15-11-4-2-10(3-5-11)13(21)19-12-8-16-14(17-9-12)20-7-1-6-18-20/h1-9H,(H,19,21). The topological polar surface area (TPSA) is 72.7 Å². The SMILES string of the molecule is O=C(Nc1cnc(-n2cccn2)nc1)c1ccc(I)cc1. The van der Waals surface area contributed by atoms with Crippen LogP contribution in [0.5, 0.6) is 0 Å². The number of aromatic nitrogens is 4. The summed E-state index contributed by atoms with van der Waals surface area (Å²) in [4.78, 5) is 20.4. The number of rotatable bonds is 3. The van der Waals surface area contributed by atoms with Gasteiger partial charge in [-0.05, 0) is 52.9 Å². The zero-order valence-electron chi connectivity index (χ0n) is 10.8. The lowest BCUT2D eigenvalue weighted by Gasteiger charge is -2.05. The average molecular weight is 391 g/mol. The van der Waals surface area contributed by atoms with Crippen molar-refractivity contribution in [1.82, 2.24) is 19.7 Å². The molecule has 6 nitrogen and oxygen atoms in total. The molecule has 2 heterocycles. The zero-order valence-corrected chi connectivity index (χ0v) is 12.9. The number of amides is 1. The third kappa shape index (κ3) is 3.24. The van der Waals surface area contributed by atoms with Gasteiger partial charge in [-0.1, -0.05) is 0 Å². The number of benzene rings is 1. The van der Waals surface area contributed by atoms with E-state index in [0.29, 0.717) is 17.2 Å². The van der Waals surface area contributed by atoms with Crippen molar-refractivity contribution in [3.05, 3.63) is 64.3 Å². The smallest absolute Gasteiger partial charge is 0.255 e. The molecule has 104 valence electrons. The molecule has 1 amide bonds. The average Bonchev–Trinajstić information content (AvgIpc) is 3.03. The number of anilines is 1.